The Morgan fingerprint density at radius 3 is 2.72 bits per heavy atom. The van der Waals surface area contributed by atoms with Crippen LogP contribution in [0.25, 0.3) is 0 Å². The Morgan fingerprint density at radius 2 is 2.22 bits per heavy atom. The molecule has 0 spiro atoms. The number of carbonyl (C=O) groups is 2. The first-order valence-electron chi connectivity index (χ1n) is 6.33. The van der Waals surface area contributed by atoms with Gasteiger partial charge in [0.05, 0.1) is 18.1 Å². The zero-order valence-corrected chi connectivity index (χ0v) is 11.0. The monoisotopic (exact) mass is 258 g/mol. The van der Waals surface area contributed by atoms with Crippen LogP contribution in [0, 0.1) is 5.92 Å². The van der Waals surface area contributed by atoms with Crippen LogP contribution >= 0.6 is 0 Å². The minimum Gasteiger partial charge on any atom is -0.481 e. The van der Waals surface area contributed by atoms with Crippen molar-refractivity contribution in [3.05, 3.63) is 0 Å². The lowest BCUT2D eigenvalue weighted by atomic mass is 10.0. The van der Waals surface area contributed by atoms with E-state index in [4.69, 9.17) is 9.84 Å². The van der Waals surface area contributed by atoms with Crippen LogP contribution in [0.4, 0.5) is 4.79 Å². The third-order valence-electron chi connectivity index (χ3n) is 3.13. The van der Waals surface area contributed by atoms with Crippen molar-refractivity contribution in [3.8, 4) is 0 Å². The first-order valence-corrected chi connectivity index (χ1v) is 6.33. The van der Waals surface area contributed by atoms with Gasteiger partial charge >= 0.3 is 12.0 Å². The second-order valence-electron chi connectivity index (χ2n) is 5.02. The van der Waals surface area contributed by atoms with Crippen LogP contribution in [0.2, 0.25) is 0 Å². The zero-order chi connectivity index (χ0) is 13.6. The van der Waals surface area contributed by atoms with Gasteiger partial charge in [-0.1, -0.05) is 13.3 Å². The number of hydrogen-bond donors (Lipinski definition) is 3. The van der Waals surface area contributed by atoms with Gasteiger partial charge in [-0.3, -0.25) is 4.79 Å². The van der Waals surface area contributed by atoms with Gasteiger partial charge in [-0.25, -0.2) is 4.79 Å². The number of rotatable bonds is 6. The molecule has 0 saturated carbocycles. The van der Waals surface area contributed by atoms with Crippen LogP contribution < -0.4 is 10.6 Å². The molecule has 0 bridgehead atoms. The molecule has 1 saturated heterocycles. The molecule has 3 N–H and O–H groups in total. The minimum absolute atomic E-state index is 0.159. The van der Waals surface area contributed by atoms with E-state index in [0.29, 0.717) is 19.6 Å². The molecule has 0 aliphatic carbocycles. The summed E-state index contributed by atoms with van der Waals surface area (Å²) in [4.78, 5) is 22.6. The minimum atomic E-state index is -0.868. The molecular formula is C12H22N2O4. The molecule has 2 atom stereocenters. The van der Waals surface area contributed by atoms with E-state index in [-0.39, 0.29) is 18.1 Å². The van der Waals surface area contributed by atoms with Crippen molar-refractivity contribution in [2.75, 3.05) is 19.8 Å². The Kier molecular flexibility index (Phi) is 5.40. The van der Waals surface area contributed by atoms with Gasteiger partial charge in [-0.05, 0) is 19.8 Å². The number of amides is 2. The summed E-state index contributed by atoms with van der Waals surface area (Å²) in [5.74, 6) is -1.39. The SMILES string of the molecule is CCCC(CNC(=O)NC1(C)CCOC1)C(=O)O. The number of carboxylic acid groups (broad SMARTS) is 1. The highest BCUT2D eigenvalue weighted by Gasteiger charge is 2.31. The molecule has 0 radical (unpaired) electrons. The fourth-order valence-electron chi connectivity index (χ4n) is 1.96. The van der Waals surface area contributed by atoms with E-state index in [0.717, 1.165) is 12.8 Å². The van der Waals surface area contributed by atoms with E-state index in [1.54, 1.807) is 0 Å². The van der Waals surface area contributed by atoms with Gasteiger partial charge in [0.25, 0.3) is 0 Å². The predicted molar refractivity (Wildman–Crippen MR) is 66.4 cm³/mol. The van der Waals surface area contributed by atoms with Crippen molar-refractivity contribution in [1.82, 2.24) is 10.6 Å². The Morgan fingerprint density at radius 1 is 1.50 bits per heavy atom. The maximum atomic E-state index is 11.7. The maximum absolute atomic E-state index is 11.7. The molecule has 0 aromatic carbocycles. The molecule has 1 fully saturated rings. The van der Waals surface area contributed by atoms with Gasteiger partial charge in [0.2, 0.25) is 0 Å². The van der Waals surface area contributed by atoms with Crippen molar-refractivity contribution < 1.29 is 19.4 Å². The van der Waals surface area contributed by atoms with Gasteiger partial charge in [-0.15, -0.1) is 0 Å². The molecule has 6 nitrogen and oxygen atoms in total. The van der Waals surface area contributed by atoms with Gasteiger partial charge in [0, 0.05) is 13.2 Å². The summed E-state index contributed by atoms with van der Waals surface area (Å²) in [6.07, 6.45) is 2.12. The summed E-state index contributed by atoms with van der Waals surface area (Å²) in [5.41, 5.74) is -0.340. The fourth-order valence-corrected chi connectivity index (χ4v) is 1.96. The van der Waals surface area contributed by atoms with Gasteiger partial charge < -0.3 is 20.5 Å². The Bertz CT molecular complexity index is 300. The van der Waals surface area contributed by atoms with E-state index in [9.17, 15) is 9.59 Å². The number of aliphatic carboxylic acids is 1. The number of urea groups is 1. The highest BCUT2D eigenvalue weighted by molar-refractivity contribution is 5.76. The standard InChI is InChI=1S/C12H22N2O4/c1-3-4-9(10(15)16)7-13-11(17)14-12(2)5-6-18-8-12/h9H,3-8H2,1-2H3,(H,15,16)(H2,13,14,17). The largest absolute Gasteiger partial charge is 0.481 e. The topological polar surface area (TPSA) is 87.7 Å². The van der Waals surface area contributed by atoms with Crippen LogP contribution in [0.5, 0.6) is 0 Å². The molecule has 6 heteroatoms. The van der Waals surface area contributed by atoms with Crippen molar-refractivity contribution in [3.63, 3.8) is 0 Å². The van der Waals surface area contributed by atoms with Crippen molar-refractivity contribution in [2.24, 2.45) is 5.92 Å². The van der Waals surface area contributed by atoms with Crippen molar-refractivity contribution >= 4 is 12.0 Å². The quantitative estimate of drug-likeness (QED) is 0.662. The first kappa shape index (κ1) is 14.8. The number of hydrogen-bond acceptors (Lipinski definition) is 3. The predicted octanol–water partition coefficient (Wildman–Crippen LogP) is 0.965. The van der Waals surface area contributed by atoms with Gasteiger partial charge in [0.1, 0.15) is 0 Å². The van der Waals surface area contributed by atoms with Gasteiger partial charge in [-0.2, -0.15) is 0 Å². The van der Waals surface area contributed by atoms with E-state index in [1.165, 1.54) is 0 Å². The number of carbonyl (C=O) groups excluding carboxylic acids is 1. The van der Waals surface area contributed by atoms with E-state index in [2.05, 4.69) is 10.6 Å². The van der Waals surface area contributed by atoms with E-state index < -0.39 is 11.9 Å². The van der Waals surface area contributed by atoms with Crippen molar-refractivity contribution in [2.45, 2.75) is 38.6 Å². The Labute approximate surface area is 107 Å². The van der Waals surface area contributed by atoms with Crippen LogP contribution in [-0.4, -0.2) is 42.4 Å². The number of ether oxygens (including phenoxy) is 1. The summed E-state index contributed by atoms with van der Waals surface area (Å²) < 4.78 is 5.23. The summed E-state index contributed by atoms with van der Waals surface area (Å²) in [6, 6.07) is -0.328. The fraction of sp³-hybridized carbons (Fsp3) is 0.833. The summed E-state index contributed by atoms with van der Waals surface area (Å²) in [5, 5.41) is 14.4. The van der Waals surface area contributed by atoms with Crippen molar-refractivity contribution in [1.29, 1.82) is 0 Å². The lowest BCUT2D eigenvalue weighted by molar-refractivity contribution is -0.141. The lowest BCUT2D eigenvalue weighted by Gasteiger charge is -2.24. The number of nitrogens with one attached hydrogen (secondary N) is 2. The molecular weight excluding hydrogens is 236 g/mol. The second kappa shape index (κ2) is 6.58. The van der Waals surface area contributed by atoms with Crippen LogP contribution in [-0.2, 0) is 9.53 Å². The second-order valence-corrected chi connectivity index (χ2v) is 5.02. The molecule has 1 heterocycles. The summed E-state index contributed by atoms with van der Waals surface area (Å²) in [7, 11) is 0. The molecule has 18 heavy (non-hydrogen) atoms. The normalized spacial score (nSPS) is 24.6. The van der Waals surface area contributed by atoms with Gasteiger partial charge in [0.15, 0.2) is 0 Å². The van der Waals surface area contributed by atoms with Crippen LogP contribution in [0.15, 0.2) is 0 Å². The highest BCUT2D eigenvalue weighted by atomic mass is 16.5. The summed E-state index contributed by atoms with van der Waals surface area (Å²) in [6.45, 7) is 5.14. The molecule has 2 amide bonds. The number of carboxylic acids is 1. The molecule has 1 rings (SSSR count). The molecule has 2 unspecified atom stereocenters. The molecule has 104 valence electrons. The van der Waals surface area contributed by atoms with Crippen LogP contribution in [0.1, 0.15) is 33.1 Å². The average molecular weight is 258 g/mol. The third-order valence-corrected chi connectivity index (χ3v) is 3.13. The zero-order valence-electron chi connectivity index (χ0n) is 11.0. The molecule has 0 aromatic rings. The van der Waals surface area contributed by atoms with Crippen LogP contribution in [0.3, 0.4) is 0 Å². The lowest BCUT2D eigenvalue weighted by Crippen LogP contribution is -2.51. The molecule has 0 aromatic heterocycles. The first-order chi connectivity index (χ1) is 8.47. The third kappa shape index (κ3) is 4.52. The Hall–Kier alpha value is -1.30. The van der Waals surface area contributed by atoms with E-state index in [1.807, 2.05) is 13.8 Å². The molecule has 1 aliphatic rings. The summed E-state index contributed by atoms with van der Waals surface area (Å²) >= 11 is 0. The smallest absolute Gasteiger partial charge is 0.315 e. The molecule has 1 aliphatic heterocycles. The average Bonchev–Trinajstić information content (AvgIpc) is 2.70. The Balaban J connectivity index is 2.33. The maximum Gasteiger partial charge on any atom is 0.315 e. The van der Waals surface area contributed by atoms with E-state index >= 15 is 0 Å². The highest BCUT2D eigenvalue weighted by Crippen LogP contribution is 2.17.